The van der Waals surface area contributed by atoms with Gasteiger partial charge in [0.05, 0.1) is 12.6 Å². The highest BCUT2D eigenvalue weighted by atomic mass is 19.1. The van der Waals surface area contributed by atoms with Crippen molar-refractivity contribution in [3.05, 3.63) is 107 Å². The third-order valence-electron chi connectivity index (χ3n) is 6.45. The maximum Gasteiger partial charge on any atom is 0.254 e. The van der Waals surface area contributed by atoms with Crippen molar-refractivity contribution >= 4 is 11.8 Å². The molecule has 0 saturated carbocycles. The fourth-order valence-electron chi connectivity index (χ4n) is 4.37. The third-order valence-corrected chi connectivity index (χ3v) is 6.45. The van der Waals surface area contributed by atoms with Crippen LogP contribution in [0.15, 0.2) is 78.9 Å². The molecule has 0 aliphatic carbocycles. The summed E-state index contributed by atoms with van der Waals surface area (Å²) in [6.45, 7) is 4.17. The molecule has 1 saturated heterocycles. The first kappa shape index (κ1) is 23.6. The van der Waals surface area contributed by atoms with Crippen molar-refractivity contribution in [3.63, 3.8) is 0 Å². The molecular formula is C28H30FN3O2. The molecule has 4 rings (SSSR count). The van der Waals surface area contributed by atoms with Crippen LogP contribution in [0.2, 0.25) is 0 Å². The van der Waals surface area contributed by atoms with Crippen LogP contribution in [0.5, 0.6) is 0 Å². The van der Waals surface area contributed by atoms with E-state index in [0.29, 0.717) is 37.3 Å². The van der Waals surface area contributed by atoms with Crippen molar-refractivity contribution < 1.29 is 14.0 Å². The Hall–Kier alpha value is -3.51. The van der Waals surface area contributed by atoms with Gasteiger partial charge in [0.25, 0.3) is 5.91 Å². The number of hydrogen-bond donors (Lipinski definition) is 0. The summed E-state index contributed by atoms with van der Waals surface area (Å²) < 4.78 is 13.9. The lowest BCUT2D eigenvalue weighted by molar-refractivity contribution is -0.133. The lowest BCUT2D eigenvalue weighted by Gasteiger charge is -2.36. The van der Waals surface area contributed by atoms with Crippen molar-refractivity contribution in [3.8, 4) is 0 Å². The normalized spacial score (nSPS) is 14.3. The third kappa shape index (κ3) is 5.34. The number of hydrogen-bond acceptors (Lipinski definition) is 3. The highest BCUT2D eigenvalue weighted by Gasteiger charge is 2.27. The quantitative estimate of drug-likeness (QED) is 0.557. The first-order valence-corrected chi connectivity index (χ1v) is 11.6. The van der Waals surface area contributed by atoms with Crippen molar-refractivity contribution in [2.75, 3.05) is 39.8 Å². The van der Waals surface area contributed by atoms with E-state index in [4.69, 9.17) is 0 Å². The summed E-state index contributed by atoms with van der Waals surface area (Å²) in [5.41, 5.74) is 3.00. The zero-order chi connectivity index (χ0) is 24.1. The molecular weight excluding hydrogens is 429 g/mol. The van der Waals surface area contributed by atoms with E-state index in [2.05, 4.69) is 4.90 Å². The average molecular weight is 460 g/mol. The van der Waals surface area contributed by atoms with Gasteiger partial charge < -0.3 is 9.80 Å². The molecule has 34 heavy (non-hydrogen) atoms. The second-order valence-electron chi connectivity index (χ2n) is 8.76. The Labute approximate surface area is 200 Å². The first-order valence-electron chi connectivity index (χ1n) is 11.6. The minimum absolute atomic E-state index is 0.0260. The van der Waals surface area contributed by atoms with Crippen molar-refractivity contribution in [1.82, 2.24) is 14.7 Å². The van der Waals surface area contributed by atoms with Gasteiger partial charge in [-0.3, -0.25) is 14.5 Å². The van der Waals surface area contributed by atoms with E-state index in [0.717, 1.165) is 11.1 Å². The molecule has 5 nitrogen and oxygen atoms in total. The number of aryl methyl sites for hydroxylation is 1. The highest BCUT2D eigenvalue weighted by molar-refractivity contribution is 5.94. The van der Waals surface area contributed by atoms with Crippen LogP contribution in [0.3, 0.4) is 0 Å². The summed E-state index contributed by atoms with van der Waals surface area (Å²) in [7, 11) is 1.85. The monoisotopic (exact) mass is 459 g/mol. The van der Waals surface area contributed by atoms with Gasteiger partial charge in [0.1, 0.15) is 5.82 Å². The number of amides is 2. The molecule has 0 aromatic heterocycles. The predicted molar refractivity (Wildman–Crippen MR) is 131 cm³/mol. The topological polar surface area (TPSA) is 43.9 Å². The molecule has 0 N–H and O–H groups in total. The summed E-state index contributed by atoms with van der Waals surface area (Å²) in [4.78, 5) is 31.6. The maximum absolute atomic E-state index is 13.9. The van der Waals surface area contributed by atoms with Gasteiger partial charge in [-0.1, -0.05) is 66.7 Å². The average Bonchev–Trinajstić information content (AvgIpc) is 2.87. The summed E-state index contributed by atoms with van der Waals surface area (Å²) in [6.07, 6.45) is 0. The van der Waals surface area contributed by atoms with E-state index in [1.165, 1.54) is 6.07 Å². The molecule has 0 radical (unpaired) electrons. The zero-order valence-electron chi connectivity index (χ0n) is 19.7. The second-order valence-corrected chi connectivity index (χ2v) is 8.76. The van der Waals surface area contributed by atoms with E-state index in [1.54, 1.807) is 28.9 Å². The Balaban J connectivity index is 1.39. The molecule has 2 amide bonds. The van der Waals surface area contributed by atoms with Gasteiger partial charge >= 0.3 is 0 Å². The van der Waals surface area contributed by atoms with Gasteiger partial charge in [0, 0.05) is 38.8 Å². The smallest absolute Gasteiger partial charge is 0.254 e. The molecule has 3 aromatic carbocycles. The Morgan fingerprint density at radius 1 is 0.882 bits per heavy atom. The predicted octanol–water partition coefficient (Wildman–Crippen LogP) is 4.14. The standard InChI is InChI=1S/C28H30FN3O2/c1-21-13-14-24(19-25(21)29)28(34)32-17-15-31(16-18-32)20-26(33)30(2)27(22-9-5-3-6-10-22)23-11-7-4-8-12-23/h3-14,19,27H,15-18,20H2,1-2H3. The zero-order valence-corrected chi connectivity index (χ0v) is 19.7. The Morgan fingerprint density at radius 2 is 1.44 bits per heavy atom. The molecule has 0 atom stereocenters. The van der Waals surface area contributed by atoms with Crippen molar-refractivity contribution in [2.24, 2.45) is 0 Å². The van der Waals surface area contributed by atoms with E-state index in [-0.39, 0.29) is 30.2 Å². The SMILES string of the molecule is Cc1ccc(C(=O)N2CCN(CC(=O)N(C)C(c3ccccc3)c3ccccc3)CC2)cc1F. The van der Waals surface area contributed by atoms with Crippen LogP contribution in [-0.2, 0) is 4.79 Å². The molecule has 0 unspecified atom stereocenters. The van der Waals surface area contributed by atoms with Crippen LogP contribution in [0.4, 0.5) is 4.39 Å². The van der Waals surface area contributed by atoms with Crippen LogP contribution in [-0.4, -0.2) is 66.3 Å². The van der Waals surface area contributed by atoms with E-state index in [1.807, 2.05) is 67.7 Å². The van der Waals surface area contributed by atoms with Gasteiger partial charge in [-0.25, -0.2) is 4.39 Å². The molecule has 0 spiro atoms. The van der Waals surface area contributed by atoms with Crippen LogP contribution in [0, 0.1) is 12.7 Å². The van der Waals surface area contributed by atoms with Crippen LogP contribution >= 0.6 is 0 Å². The summed E-state index contributed by atoms with van der Waals surface area (Å²) in [5.74, 6) is -0.516. The molecule has 1 fully saturated rings. The molecule has 176 valence electrons. The number of piperazine rings is 1. The van der Waals surface area contributed by atoms with Gasteiger partial charge in [-0.15, -0.1) is 0 Å². The number of rotatable bonds is 6. The van der Waals surface area contributed by atoms with Gasteiger partial charge in [0.15, 0.2) is 0 Å². The van der Waals surface area contributed by atoms with Crippen LogP contribution < -0.4 is 0 Å². The Kier molecular flexibility index (Phi) is 7.38. The second kappa shape index (κ2) is 10.6. The fourth-order valence-corrected chi connectivity index (χ4v) is 4.37. The molecule has 1 heterocycles. The molecule has 0 bridgehead atoms. The lowest BCUT2D eigenvalue weighted by Crippen LogP contribution is -2.51. The first-order chi connectivity index (χ1) is 16.4. The minimum atomic E-state index is -0.371. The van der Waals surface area contributed by atoms with Gasteiger partial charge in [0.2, 0.25) is 5.91 Å². The maximum atomic E-state index is 13.9. The fraction of sp³-hybridized carbons (Fsp3) is 0.286. The summed E-state index contributed by atoms with van der Waals surface area (Å²) >= 11 is 0. The van der Waals surface area contributed by atoms with Gasteiger partial charge in [-0.2, -0.15) is 0 Å². The molecule has 1 aliphatic rings. The van der Waals surface area contributed by atoms with E-state index >= 15 is 0 Å². The largest absolute Gasteiger partial charge is 0.336 e. The van der Waals surface area contributed by atoms with Gasteiger partial charge in [-0.05, 0) is 35.7 Å². The van der Waals surface area contributed by atoms with Crippen molar-refractivity contribution in [2.45, 2.75) is 13.0 Å². The van der Waals surface area contributed by atoms with Crippen LogP contribution in [0.25, 0.3) is 0 Å². The number of nitrogens with zero attached hydrogens (tertiary/aromatic N) is 3. The van der Waals surface area contributed by atoms with E-state index < -0.39 is 0 Å². The Morgan fingerprint density at radius 3 is 1.97 bits per heavy atom. The lowest BCUT2D eigenvalue weighted by atomic mass is 9.97. The number of carbonyl (C=O) groups excluding carboxylic acids is 2. The number of benzene rings is 3. The number of halogens is 1. The number of carbonyl (C=O) groups is 2. The molecule has 6 heteroatoms. The minimum Gasteiger partial charge on any atom is -0.336 e. The molecule has 1 aliphatic heterocycles. The molecule has 3 aromatic rings. The summed E-state index contributed by atoms with van der Waals surface area (Å²) in [5, 5.41) is 0. The Bertz CT molecular complexity index is 1090. The van der Waals surface area contributed by atoms with Crippen LogP contribution in [0.1, 0.15) is 33.1 Å². The number of likely N-dealkylation sites (N-methyl/N-ethyl adjacent to an activating group) is 1. The highest BCUT2D eigenvalue weighted by Crippen LogP contribution is 2.27. The summed E-state index contributed by atoms with van der Waals surface area (Å²) in [6, 6.07) is 24.5. The van der Waals surface area contributed by atoms with E-state index in [9.17, 15) is 14.0 Å². The van der Waals surface area contributed by atoms with Crippen molar-refractivity contribution in [1.29, 1.82) is 0 Å².